The van der Waals surface area contributed by atoms with Gasteiger partial charge in [0.1, 0.15) is 11.5 Å². The van der Waals surface area contributed by atoms with Gasteiger partial charge in [-0.05, 0) is 47.7 Å². The molecule has 1 aliphatic rings. The van der Waals surface area contributed by atoms with Crippen LogP contribution in [0.15, 0.2) is 53.4 Å². The third-order valence-electron chi connectivity index (χ3n) is 4.32. The number of methoxy groups -OCH3 is 2. The Balaban J connectivity index is 1.56. The van der Waals surface area contributed by atoms with E-state index in [0.717, 1.165) is 22.2 Å². The normalized spacial score (nSPS) is 14.8. The first-order valence-electron chi connectivity index (χ1n) is 9.42. The van der Waals surface area contributed by atoms with E-state index in [2.05, 4.69) is 5.32 Å². The van der Waals surface area contributed by atoms with Gasteiger partial charge in [0.05, 0.1) is 30.9 Å². The molecule has 2 aromatic carbocycles. The number of carbonyl (C=O) groups is 3. The number of rotatable bonds is 9. The van der Waals surface area contributed by atoms with Gasteiger partial charge in [-0.15, -0.1) is 0 Å². The van der Waals surface area contributed by atoms with Crippen LogP contribution in [0.4, 0.5) is 10.5 Å². The highest BCUT2D eigenvalue weighted by atomic mass is 32.2. The zero-order chi connectivity index (χ0) is 22.2. The Kier molecular flexibility index (Phi) is 7.69. The molecule has 1 fully saturated rings. The van der Waals surface area contributed by atoms with E-state index in [4.69, 9.17) is 14.2 Å². The molecule has 162 valence electrons. The van der Waals surface area contributed by atoms with Gasteiger partial charge in [-0.2, -0.15) is 0 Å². The Morgan fingerprint density at radius 3 is 2.55 bits per heavy atom. The summed E-state index contributed by atoms with van der Waals surface area (Å²) in [5.41, 5.74) is 1.30. The van der Waals surface area contributed by atoms with Crippen molar-refractivity contribution < 1.29 is 28.6 Å². The van der Waals surface area contributed by atoms with Crippen LogP contribution < -0.4 is 14.8 Å². The minimum absolute atomic E-state index is 0.171. The first kappa shape index (κ1) is 22.4. The van der Waals surface area contributed by atoms with Crippen LogP contribution in [-0.4, -0.2) is 55.9 Å². The van der Waals surface area contributed by atoms with E-state index in [1.165, 1.54) is 14.2 Å². The first-order valence-corrected chi connectivity index (χ1v) is 10.2. The second-order valence-corrected chi connectivity index (χ2v) is 7.43. The number of hydrogen-bond donors (Lipinski definition) is 1. The molecule has 0 aromatic heterocycles. The fraction of sp³-hybridized carbons (Fsp3) is 0.227. The van der Waals surface area contributed by atoms with Gasteiger partial charge in [0.15, 0.2) is 6.61 Å². The zero-order valence-corrected chi connectivity index (χ0v) is 17.9. The van der Waals surface area contributed by atoms with Crippen molar-refractivity contribution in [3.8, 4) is 11.5 Å². The van der Waals surface area contributed by atoms with Crippen molar-refractivity contribution in [2.45, 2.75) is 0 Å². The zero-order valence-electron chi connectivity index (χ0n) is 17.1. The minimum Gasteiger partial charge on any atom is -0.495 e. The summed E-state index contributed by atoms with van der Waals surface area (Å²) >= 11 is 0.898. The molecule has 0 spiro atoms. The van der Waals surface area contributed by atoms with Gasteiger partial charge in [-0.25, -0.2) is 0 Å². The Hall–Kier alpha value is -3.30. The van der Waals surface area contributed by atoms with Gasteiger partial charge in [-0.1, -0.05) is 24.3 Å². The summed E-state index contributed by atoms with van der Waals surface area (Å²) in [6, 6.07) is 14.0. The largest absolute Gasteiger partial charge is 0.495 e. The summed E-state index contributed by atoms with van der Waals surface area (Å²) in [7, 11) is 3.05. The summed E-state index contributed by atoms with van der Waals surface area (Å²) in [6.45, 7) is 0.347. The number of nitrogens with zero attached hydrogens (tertiary/aromatic N) is 1. The second kappa shape index (κ2) is 10.6. The van der Waals surface area contributed by atoms with Crippen molar-refractivity contribution in [3.63, 3.8) is 0 Å². The number of thioether (sulfide) groups is 1. The highest BCUT2D eigenvalue weighted by molar-refractivity contribution is 8.18. The molecule has 0 radical (unpaired) electrons. The van der Waals surface area contributed by atoms with E-state index < -0.39 is 0 Å². The van der Waals surface area contributed by atoms with Gasteiger partial charge < -0.3 is 19.5 Å². The number of anilines is 1. The molecule has 8 nitrogen and oxygen atoms in total. The molecular formula is C22H22N2O6S. The summed E-state index contributed by atoms with van der Waals surface area (Å²) in [6.07, 6.45) is 1.65. The maximum absolute atomic E-state index is 12.3. The molecule has 0 aliphatic carbocycles. The number of carbonyl (C=O) groups excluding carboxylic acids is 3. The van der Waals surface area contributed by atoms with Crippen LogP contribution in [0.5, 0.6) is 11.5 Å². The van der Waals surface area contributed by atoms with Crippen LogP contribution in [0.3, 0.4) is 0 Å². The standard InChI is InChI=1S/C22H22N2O6S/c1-28-12-11-24-21(26)19(31-22(24)27)13-15-7-9-16(10-8-15)30-14-20(25)23-17-5-3-4-6-18(17)29-2/h3-10,13H,11-12,14H2,1-2H3,(H,23,25)/b19-13-. The van der Waals surface area contributed by atoms with Crippen LogP contribution in [0.25, 0.3) is 6.08 Å². The van der Waals surface area contributed by atoms with Crippen molar-refractivity contribution in [2.75, 3.05) is 39.3 Å². The topological polar surface area (TPSA) is 94.2 Å². The maximum atomic E-state index is 12.3. The molecule has 0 atom stereocenters. The Morgan fingerprint density at radius 2 is 1.84 bits per heavy atom. The Bertz CT molecular complexity index is 990. The molecule has 1 N–H and O–H groups in total. The van der Waals surface area contributed by atoms with Crippen molar-refractivity contribution in [1.29, 1.82) is 0 Å². The lowest BCUT2D eigenvalue weighted by Gasteiger charge is -2.11. The molecule has 31 heavy (non-hydrogen) atoms. The molecule has 1 saturated heterocycles. The number of hydrogen-bond acceptors (Lipinski definition) is 7. The fourth-order valence-electron chi connectivity index (χ4n) is 2.77. The molecule has 0 bridgehead atoms. The predicted molar refractivity (Wildman–Crippen MR) is 118 cm³/mol. The summed E-state index contributed by atoms with van der Waals surface area (Å²) in [4.78, 5) is 38.0. The van der Waals surface area contributed by atoms with Crippen molar-refractivity contribution in [3.05, 3.63) is 59.0 Å². The highest BCUT2D eigenvalue weighted by Gasteiger charge is 2.34. The molecule has 3 rings (SSSR count). The molecule has 0 unspecified atom stereocenters. The number of ether oxygens (including phenoxy) is 3. The summed E-state index contributed by atoms with van der Waals surface area (Å²) in [5.74, 6) is 0.408. The van der Waals surface area contributed by atoms with Crippen molar-refractivity contribution >= 4 is 40.6 Å². The third-order valence-corrected chi connectivity index (χ3v) is 5.23. The van der Waals surface area contributed by atoms with E-state index in [0.29, 0.717) is 28.7 Å². The summed E-state index contributed by atoms with van der Waals surface area (Å²) in [5, 5.41) is 2.42. The molecule has 3 amide bonds. The van der Waals surface area contributed by atoms with Gasteiger partial charge in [0.2, 0.25) is 0 Å². The number of nitrogens with one attached hydrogen (secondary N) is 1. The average Bonchev–Trinajstić information content (AvgIpc) is 3.04. The van der Waals surface area contributed by atoms with Crippen LogP contribution in [0.1, 0.15) is 5.56 Å². The van der Waals surface area contributed by atoms with Crippen molar-refractivity contribution in [2.24, 2.45) is 0 Å². The van der Waals surface area contributed by atoms with E-state index in [1.807, 2.05) is 6.07 Å². The Labute approximate surface area is 184 Å². The molecule has 1 aliphatic heterocycles. The molecular weight excluding hydrogens is 420 g/mol. The van der Waals surface area contributed by atoms with Gasteiger partial charge in [0, 0.05) is 7.11 Å². The minimum atomic E-state index is -0.333. The SMILES string of the molecule is COCCN1C(=O)S/C(=C\c2ccc(OCC(=O)Nc3ccccc3OC)cc2)C1=O. The lowest BCUT2D eigenvalue weighted by molar-refractivity contribution is -0.123. The average molecular weight is 442 g/mol. The molecule has 1 heterocycles. The van der Waals surface area contributed by atoms with Crippen molar-refractivity contribution in [1.82, 2.24) is 4.90 Å². The van der Waals surface area contributed by atoms with Gasteiger partial charge in [-0.3, -0.25) is 19.3 Å². The van der Waals surface area contributed by atoms with Crippen LogP contribution in [0, 0.1) is 0 Å². The van der Waals surface area contributed by atoms with E-state index in [1.54, 1.807) is 48.5 Å². The number of para-hydroxylation sites is 2. The Morgan fingerprint density at radius 1 is 1.10 bits per heavy atom. The first-order chi connectivity index (χ1) is 15.0. The fourth-order valence-corrected chi connectivity index (χ4v) is 3.64. The van der Waals surface area contributed by atoms with E-state index in [-0.39, 0.29) is 30.2 Å². The summed E-state index contributed by atoms with van der Waals surface area (Å²) < 4.78 is 15.6. The molecule has 2 aromatic rings. The predicted octanol–water partition coefficient (Wildman–Crippen LogP) is 3.40. The monoisotopic (exact) mass is 442 g/mol. The number of benzene rings is 2. The lowest BCUT2D eigenvalue weighted by atomic mass is 10.2. The third kappa shape index (κ3) is 5.87. The van der Waals surface area contributed by atoms with E-state index >= 15 is 0 Å². The smallest absolute Gasteiger partial charge is 0.293 e. The number of imide groups is 1. The molecule has 9 heteroatoms. The van der Waals surface area contributed by atoms with Gasteiger partial charge >= 0.3 is 0 Å². The van der Waals surface area contributed by atoms with Crippen LogP contribution in [-0.2, 0) is 14.3 Å². The highest BCUT2D eigenvalue weighted by Crippen LogP contribution is 2.32. The number of amides is 3. The van der Waals surface area contributed by atoms with Crippen LogP contribution in [0.2, 0.25) is 0 Å². The lowest BCUT2D eigenvalue weighted by Crippen LogP contribution is -2.31. The second-order valence-electron chi connectivity index (χ2n) is 6.43. The van der Waals surface area contributed by atoms with E-state index in [9.17, 15) is 14.4 Å². The maximum Gasteiger partial charge on any atom is 0.293 e. The van der Waals surface area contributed by atoms with Gasteiger partial charge in [0.25, 0.3) is 17.1 Å². The van der Waals surface area contributed by atoms with Crippen LogP contribution >= 0.6 is 11.8 Å². The quantitative estimate of drug-likeness (QED) is 0.595. The molecule has 0 saturated carbocycles.